The molecule has 0 amide bonds. The number of rotatable bonds is 14. The normalized spacial score (nSPS) is 10.0. The van der Waals surface area contributed by atoms with E-state index in [9.17, 15) is 4.79 Å². The molecule has 0 spiro atoms. The van der Waals surface area contributed by atoms with Crippen LogP contribution in [0.5, 0.6) is 0 Å². The Morgan fingerprint density at radius 2 is 0.864 bits per heavy atom. The molecule has 22 heavy (non-hydrogen) atoms. The average molecular weight is 315 g/mol. The Morgan fingerprint density at radius 1 is 0.591 bits per heavy atom. The first-order chi connectivity index (χ1) is 10.7. The molecule has 0 unspecified atom stereocenters. The van der Waals surface area contributed by atoms with Crippen molar-refractivity contribution in [2.24, 2.45) is 0 Å². The molecule has 0 heterocycles. The molecule has 0 N–H and O–H groups in total. The van der Waals surface area contributed by atoms with Crippen molar-refractivity contribution in [3.63, 3.8) is 0 Å². The van der Waals surface area contributed by atoms with E-state index in [4.69, 9.17) is 0 Å². The van der Waals surface area contributed by atoms with Gasteiger partial charge in [-0.3, -0.25) is 4.79 Å². The Labute approximate surface area is 140 Å². The van der Waals surface area contributed by atoms with Gasteiger partial charge in [0.1, 0.15) is 0 Å². The Bertz CT molecular complexity index is 188. The van der Waals surface area contributed by atoms with E-state index in [0.29, 0.717) is 6.61 Å². The zero-order chi connectivity index (χ0) is 16.9. The highest BCUT2D eigenvalue weighted by molar-refractivity contribution is 5.65. The van der Waals surface area contributed by atoms with E-state index >= 15 is 0 Å². The van der Waals surface area contributed by atoms with Crippen molar-refractivity contribution in [1.29, 1.82) is 0 Å². The molecule has 0 radical (unpaired) electrons. The van der Waals surface area contributed by atoms with Gasteiger partial charge >= 0.3 is 5.97 Å². The van der Waals surface area contributed by atoms with Crippen molar-refractivity contribution >= 4 is 5.97 Å². The van der Waals surface area contributed by atoms with Crippen molar-refractivity contribution in [1.82, 2.24) is 0 Å². The minimum atomic E-state index is -0.211. The van der Waals surface area contributed by atoms with Crippen LogP contribution < -0.4 is 0 Å². The summed E-state index contributed by atoms with van der Waals surface area (Å²) in [4.78, 5) is 9.82. The minimum Gasteiger partial charge on any atom is -0.466 e. The summed E-state index contributed by atoms with van der Waals surface area (Å²) in [5.74, 6) is -0.211. The lowest BCUT2D eigenvalue weighted by molar-refractivity contribution is -0.140. The van der Waals surface area contributed by atoms with Gasteiger partial charge in [0.15, 0.2) is 0 Å². The van der Waals surface area contributed by atoms with Gasteiger partial charge in [-0.25, -0.2) is 0 Å². The Balaban J connectivity index is 0. The summed E-state index contributed by atoms with van der Waals surface area (Å²) in [6.45, 7) is 8.23. The van der Waals surface area contributed by atoms with Gasteiger partial charge in [0.25, 0.3) is 0 Å². The zero-order valence-electron chi connectivity index (χ0n) is 15.9. The van der Waals surface area contributed by atoms with Crippen LogP contribution in [-0.2, 0) is 9.53 Å². The highest BCUT2D eigenvalue weighted by Gasteiger charge is 1.92. The van der Waals surface area contributed by atoms with E-state index in [-0.39, 0.29) is 5.97 Å². The lowest BCUT2D eigenvalue weighted by Crippen LogP contribution is -1.95. The van der Waals surface area contributed by atoms with Crippen LogP contribution >= 0.6 is 0 Å². The molecule has 2 heteroatoms. The van der Waals surface area contributed by atoms with Crippen LogP contribution in [0.2, 0.25) is 0 Å². The second-order valence-corrected chi connectivity index (χ2v) is 6.17. The number of unbranched alkanes of at least 4 members (excludes halogenated alkanes) is 13. The van der Waals surface area contributed by atoms with Crippen LogP contribution in [-0.4, -0.2) is 12.6 Å². The molecule has 0 atom stereocenters. The van der Waals surface area contributed by atoms with Gasteiger partial charge < -0.3 is 4.74 Å². The van der Waals surface area contributed by atoms with Gasteiger partial charge in [0.05, 0.1) is 6.61 Å². The SMILES string of the molecule is CCCCCCCCCCCCCCCC.CCOC(C)=O. The molecule has 134 valence electrons. The van der Waals surface area contributed by atoms with Crippen LogP contribution in [0.3, 0.4) is 0 Å². The largest absolute Gasteiger partial charge is 0.466 e. The van der Waals surface area contributed by atoms with E-state index in [2.05, 4.69) is 18.6 Å². The van der Waals surface area contributed by atoms with Gasteiger partial charge in [0.2, 0.25) is 0 Å². The highest BCUT2D eigenvalue weighted by atomic mass is 16.5. The van der Waals surface area contributed by atoms with Crippen LogP contribution in [0.4, 0.5) is 0 Å². The second-order valence-electron chi connectivity index (χ2n) is 6.17. The van der Waals surface area contributed by atoms with E-state index in [1.165, 1.54) is 96.8 Å². The predicted octanol–water partition coefficient (Wildman–Crippen LogP) is 7.06. The molecule has 0 aliphatic carbocycles. The quantitative estimate of drug-likeness (QED) is 0.253. The first-order valence-electron chi connectivity index (χ1n) is 9.82. The molecule has 2 nitrogen and oxygen atoms in total. The average Bonchev–Trinajstić information content (AvgIpc) is 2.49. The van der Waals surface area contributed by atoms with E-state index in [1.807, 2.05) is 0 Å². The third kappa shape index (κ3) is 27.8. The zero-order valence-corrected chi connectivity index (χ0v) is 15.9. The molecule has 0 aliphatic heterocycles. The standard InChI is InChI=1S/C16H34.C4H8O2/c1-3-5-7-9-11-13-15-16-14-12-10-8-6-4-2;1-3-6-4(2)5/h3-16H2,1-2H3;3H2,1-2H3. The fourth-order valence-corrected chi connectivity index (χ4v) is 2.47. The van der Waals surface area contributed by atoms with Crippen molar-refractivity contribution < 1.29 is 9.53 Å². The molecule has 0 aromatic rings. The van der Waals surface area contributed by atoms with Crippen LogP contribution in [0.1, 0.15) is 118 Å². The summed E-state index contributed by atoms with van der Waals surface area (Å²) >= 11 is 0. The van der Waals surface area contributed by atoms with Crippen molar-refractivity contribution in [3.05, 3.63) is 0 Å². The molecular formula is C20H42O2. The number of carbonyl (C=O) groups excluding carboxylic acids is 1. The minimum absolute atomic E-state index is 0.211. The van der Waals surface area contributed by atoms with Crippen LogP contribution in [0.15, 0.2) is 0 Å². The molecule has 0 rings (SSSR count). The summed E-state index contributed by atoms with van der Waals surface area (Å²) in [5, 5.41) is 0. The van der Waals surface area contributed by atoms with Gasteiger partial charge in [-0.2, -0.15) is 0 Å². The smallest absolute Gasteiger partial charge is 0.302 e. The van der Waals surface area contributed by atoms with Gasteiger partial charge in [-0.05, 0) is 6.92 Å². The van der Waals surface area contributed by atoms with Crippen molar-refractivity contribution in [3.8, 4) is 0 Å². The van der Waals surface area contributed by atoms with E-state index < -0.39 is 0 Å². The predicted molar refractivity (Wildman–Crippen MR) is 98.3 cm³/mol. The number of esters is 1. The van der Waals surface area contributed by atoms with Crippen molar-refractivity contribution in [2.45, 2.75) is 118 Å². The maximum Gasteiger partial charge on any atom is 0.302 e. The van der Waals surface area contributed by atoms with E-state index in [1.54, 1.807) is 6.92 Å². The number of hydrogen-bond donors (Lipinski definition) is 0. The third-order valence-corrected chi connectivity index (χ3v) is 3.80. The van der Waals surface area contributed by atoms with Crippen molar-refractivity contribution in [2.75, 3.05) is 6.61 Å². The first kappa shape index (κ1) is 23.7. The molecule has 0 fully saturated rings. The summed E-state index contributed by atoms with van der Waals surface area (Å²) < 4.78 is 4.40. The van der Waals surface area contributed by atoms with Crippen LogP contribution in [0.25, 0.3) is 0 Å². The fourth-order valence-electron chi connectivity index (χ4n) is 2.47. The van der Waals surface area contributed by atoms with Gasteiger partial charge in [-0.1, -0.05) is 104 Å². The molecule has 0 saturated heterocycles. The number of carbonyl (C=O) groups is 1. The Hall–Kier alpha value is -0.530. The topological polar surface area (TPSA) is 26.3 Å². The highest BCUT2D eigenvalue weighted by Crippen LogP contribution is 2.12. The summed E-state index contributed by atoms with van der Waals surface area (Å²) in [6.07, 6.45) is 20.4. The first-order valence-corrected chi connectivity index (χ1v) is 9.82. The lowest BCUT2D eigenvalue weighted by Gasteiger charge is -2.02. The lowest BCUT2D eigenvalue weighted by atomic mass is 10.0. The second kappa shape index (κ2) is 22.7. The number of ether oxygens (including phenoxy) is 1. The molecule has 0 aliphatic rings. The summed E-state index contributed by atoms with van der Waals surface area (Å²) in [5.41, 5.74) is 0. The maximum absolute atomic E-state index is 9.82. The van der Waals surface area contributed by atoms with Crippen LogP contribution in [0, 0.1) is 0 Å². The molecule has 0 bridgehead atoms. The number of hydrogen-bond acceptors (Lipinski definition) is 2. The molecule has 0 aromatic carbocycles. The van der Waals surface area contributed by atoms with E-state index in [0.717, 1.165) is 0 Å². The molecule has 0 aromatic heterocycles. The monoisotopic (exact) mass is 314 g/mol. The fraction of sp³-hybridized carbons (Fsp3) is 0.950. The summed E-state index contributed by atoms with van der Waals surface area (Å²) in [6, 6.07) is 0. The van der Waals surface area contributed by atoms with Gasteiger partial charge in [0, 0.05) is 6.92 Å². The van der Waals surface area contributed by atoms with Gasteiger partial charge in [-0.15, -0.1) is 0 Å². The Morgan fingerprint density at radius 3 is 1.00 bits per heavy atom. The maximum atomic E-state index is 9.82. The summed E-state index contributed by atoms with van der Waals surface area (Å²) in [7, 11) is 0. The molecular weight excluding hydrogens is 272 g/mol. The third-order valence-electron chi connectivity index (χ3n) is 3.80. The molecule has 0 saturated carbocycles. The Kier molecular flexibility index (Phi) is 24.5.